The highest BCUT2D eigenvalue weighted by Gasteiger charge is 2.30. The lowest BCUT2D eigenvalue weighted by Crippen LogP contribution is -2.40. The normalized spacial score (nSPS) is 22.6. The Labute approximate surface area is 98.7 Å². The lowest BCUT2D eigenvalue weighted by molar-refractivity contribution is 0.110. The Hall–Kier alpha value is 0.210. The molecule has 2 nitrogen and oxygen atoms in total. The maximum Gasteiger partial charge on any atom is 0.0667 e. The fraction of sp³-hybridized carbons (Fsp3) is 1.00. The lowest BCUT2D eigenvalue weighted by atomic mass is 9.75. The minimum absolute atomic E-state index is 0.293. The molecule has 1 rings (SSSR count). The largest absolute Gasteiger partial charge is 0.380 e. The van der Waals surface area contributed by atoms with Crippen LogP contribution in [0, 0.1) is 5.41 Å². The van der Waals surface area contributed by atoms with Gasteiger partial charge in [-0.1, -0.05) is 19.3 Å². The summed E-state index contributed by atoms with van der Waals surface area (Å²) in [6.45, 7) is 4.06. The van der Waals surface area contributed by atoms with E-state index in [9.17, 15) is 0 Å². The molecule has 0 aromatic heterocycles. The van der Waals surface area contributed by atoms with E-state index in [0.29, 0.717) is 11.5 Å². The molecule has 1 N–H and O–H groups in total. The molecule has 0 saturated heterocycles. The zero-order valence-corrected chi connectivity index (χ0v) is 10.8. The van der Waals surface area contributed by atoms with Gasteiger partial charge in [0.2, 0.25) is 0 Å². The molecule has 15 heavy (non-hydrogen) atoms. The number of rotatable bonds is 6. The first kappa shape index (κ1) is 13.3. The van der Waals surface area contributed by atoms with Crippen molar-refractivity contribution in [2.75, 3.05) is 26.1 Å². The van der Waals surface area contributed by atoms with Crippen molar-refractivity contribution in [3.8, 4) is 0 Å². The molecule has 1 aliphatic rings. The number of hydrogen-bond donors (Lipinski definition) is 1. The minimum Gasteiger partial charge on any atom is -0.380 e. The fourth-order valence-electron chi connectivity index (χ4n) is 2.28. The van der Waals surface area contributed by atoms with Crippen molar-refractivity contribution in [3.63, 3.8) is 0 Å². The second-order valence-corrected chi connectivity index (χ2v) is 5.14. The highest BCUT2D eigenvalue weighted by Crippen LogP contribution is 2.36. The molecule has 90 valence electrons. The number of methoxy groups -OCH3 is 1. The molecule has 3 heteroatoms. The molecule has 0 aromatic carbocycles. The molecule has 0 radical (unpaired) electrons. The minimum atomic E-state index is 0.293. The first-order valence-corrected chi connectivity index (χ1v) is 6.55. The molecule has 0 amide bonds. The molecule has 0 bridgehead atoms. The Morgan fingerprint density at radius 1 is 1.33 bits per heavy atom. The van der Waals surface area contributed by atoms with Gasteiger partial charge in [-0.2, -0.15) is 0 Å². The number of hydrogen-bond acceptors (Lipinski definition) is 2. The van der Waals surface area contributed by atoms with Crippen molar-refractivity contribution >= 4 is 11.6 Å². The van der Waals surface area contributed by atoms with Crippen molar-refractivity contribution in [1.29, 1.82) is 0 Å². The van der Waals surface area contributed by atoms with E-state index >= 15 is 0 Å². The molecule has 1 atom stereocenters. The zero-order chi connectivity index (χ0) is 11.1. The smallest absolute Gasteiger partial charge is 0.0667 e. The van der Waals surface area contributed by atoms with Gasteiger partial charge in [0.1, 0.15) is 0 Å². The van der Waals surface area contributed by atoms with Gasteiger partial charge in [0, 0.05) is 26.1 Å². The summed E-state index contributed by atoms with van der Waals surface area (Å²) >= 11 is 6.12. The fourth-order valence-corrected chi connectivity index (χ4v) is 2.65. The van der Waals surface area contributed by atoms with Crippen LogP contribution in [0.2, 0.25) is 0 Å². The van der Waals surface area contributed by atoms with E-state index in [2.05, 4.69) is 12.2 Å². The summed E-state index contributed by atoms with van der Waals surface area (Å²) in [5, 5.41) is 3.49. The van der Waals surface area contributed by atoms with Gasteiger partial charge in [0.25, 0.3) is 0 Å². The summed E-state index contributed by atoms with van der Waals surface area (Å²) in [5.74, 6) is 0.793. The molecule has 1 unspecified atom stereocenters. The number of halogens is 1. The second-order valence-electron chi connectivity index (χ2n) is 4.87. The van der Waals surface area contributed by atoms with Crippen LogP contribution >= 0.6 is 11.6 Å². The highest BCUT2D eigenvalue weighted by atomic mass is 35.5. The van der Waals surface area contributed by atoms with Crippen LogP contribution in [-0.4, -0.2) is 32.2 Å². The SMILES string of the molecule is COC(C)CNCC1(CCl)CCCCC1. The van der Waals surface area contributed by atoms with Crippen molar-refractivity contribution in [2.24, 2.45) is 5.41 Å². The monoisotopic (exact) mass is 233 g/mol. The Kier molecular flexibility index (Phi) is 5.95. The number of alkyl halides is 1. The third-order valence-corrected chi connectivity index (χ3v) is 4.10. The average molecular weight is 234 g/mol. The van der Waals surface area contributed by atoms with E-state index in [0.717, 1.165) is 19.0 Å². The first-order chi connectivity index (χ1) is 7.22. The summed E-state index contributed by atoms with van der Waals surface area (Å²) in [4.78, 5) is 0. The van der Waals surface area contributed by atoms with E-state index < -0.39 is 0 Å². The van der Waals surface area contributed by atoms with E-state index in [4.69, 9.17) is 16.3 Å². The molecule has 0 spiro atoms. The predicted molar refractivity (Wildman–Crippen MR) is 65.6 cm³/mol. The Morgan fingerprint density at radius 3 is 2.53 bits per heavy atom. The molecule has 1 saturated carbocycles. The summed E-state index contributed by atoms with van der Waals surface area (Å²) < 4.78 is 5.21. The lowest BCUT2D eigenvalue weighted by Gasteiger charge is -2.36. The van der Waals surface area contributed by atoms with E-state index in [1.165, 1.54) is 32.1 Å². The molecular weight excluding hydrogens is 210 g/mol. The number of nitrogens with one attached hydrogen (secondary N) is 1. The van der Waals surface area contributed by atoms with Gasteiger partial charge >= 0.3 is 0 Å². The van der Waals surface area contributed by atoms with Gasteiger partial charge in [0.05, 0.1) is 6.10 Å². The standard InChI is InChI=1S/C12H24ClNO/c1-11(15-2)8-14-10-12(9-13)6-4-3-5-7-12/h11,14H,3-10H2,1-2H3. The zero-order valence-electron chi connectivity index (χ0n) is 10.0. The van der Waals surface area contributed by atoms with Crippen molar-refractivity contribution in [2.45, 2.75) is 45.1 Å². The van der Waals surface area contributed by atoms with E-state index in [1.807, 2.05) is 0 Å². The van der Waals surface area contributed by atoms with Gasteiger partial charge in [-0.25, -0.2) is 0 Å². The molecular formula is C12H24ClNO. The Morgan fingerprint density at radius 2 is 2.00 bits per heavy atom. The first-order valence-electron chi connectivity index (χ1n) is 6.02. The van der Waals surface area contributed by atoms with Gasteiger partial charge in [-0.3, -0.25) is 0 Å². The quantitative estimate of drug-likeness (QED) is 0.713. The molecule has 0 aliphatic heterocycles. The maximum absolute atomic E-state index is 6.12. The Balaban J connectivity index is 2.26. The third kappa shape index (κ3) is 4.29. The van der Waals surface area contributed by atoms with Gasteiger partial charge in [-0.15, -0.1) is 11.6 Å². The maximum atomic E-state index is 6.12. The molecule has 1 fully saturated rings. The number of ether oxygens (including phenoxy) is 1. The second kappa shape index (κ2) is 6.72. The molecule has 0 heterocycles. The molecule has 1 aliphatic carbocycles. The van der Waals surface area contributed by atoms with E-state index in [-0.39, 0.29) is 0 Å². The van der Waals surface area contributed by atoms with Crippen LogP contribution in [0.15, 0.2) is 0 Å². The van der Waals surface area contributed by atoms with Crippen LogP contribution in [0.4, 0.5) is 0 Å². The topological polar surface area (TPSA) is 21.3 Å². The summed E-state index contributed by atoms with van der Waals surface area (Å²) in [6.07, 6.45) is 6.92. The third-order valence-electron chi connectivity index (χ3n) is 3.53. The summed E-state index contributed by atoms with van der Waals surface area (Å²) in [5.41, 5.74) is 0.354. The van der Waals surface area contributed by atoms with Gasteiger partial charge in [0.15, 0.2) is 0 Å². The van der Waals surface area contributed by atoms with Crippen LogP contribution in [-0.2, 0) is 4.74 Å². The summed E-state index contributed by atoms with van der Waals surface area (Å²) in [6, 6.07) is 0. The van der Waals surface area contributed by atoms with Crippen LogP contribution in [0.1, 0.15) is 39.0 Å². The van der Waals surface area contributed by atoms with Gasteiger partial charge in [-0.05, 0) is 25.2 Å². The predicted octanol–water partition coefficient (Wildman–Crippen LogP) is 2.80. The summed E-state index contributed by atoms with van der Waals surface area (Å²) in [7, 11) is 1.75. The molecule has 0 aromatic rings. The average Bonchev–Trinajstić information content (AvgIpc) is 2.30. The van der Waals surface area contributed by atoms with Crippen LogP contribution in [0.3, 0.4) is 0 Å². The van der Waals surface area contributed by atoms with Crippen LogP contribution in [0.5, 0.6) is 0 Å². The van der Waals surface area contributed by atoms with Crippen molar-refractivity contribution in [1.82, 2.24) is 5.32 Å². The van der Waals surface area contributed by atoms with Crippen molar-refractivity contribution in [3.05, 3.63) is 0 Å². The van der Waals surface area contributed by atoms with Gasteiger partial charge < -0.3 is 10.1 Å². The van der Waals surface area contributed by atoms with Crippen LogP contribution in [0.25, 0.3) is 0 Å². The van der Waals surface area contributed by atoms with E-state index in [1.54, 1.807) is 7.11 Å². The van der Waals surface area contributed by atoms with Crippen molar-refractivity contribution < 1.29 is 4.74 Å². The Bertz CT molecular complexity index is 169. The van der Waals surface area contributed by atoms with Crippen LogP contribution < -0.4 is 5.32 Å². The highest BCUT2D eigenvalue weighted by molar-refractivity contribution is 6.18.